The lowest BCUT2D eigenvalue weighted by Crippen LogP contribution is -2.50. The van der Waals surface area contributed by atoms with Crippen molar-refractivity contribution in [3.05, 3.63) is 34.3 Å². The summed E-state index contributed by atoms with van der Waals surface area (Å²) in [6, 6.07) is 6.45. The Morgan fingerprint density at radius 2 is 2.09 bits per heavy atom. The average Bonchev–Trinajstić information content (AvgIpc) is 2.81. The van der Waals surface area contributed by atoms with Gasteiger partial charge in [-0.05, 0) is 38.5 Å². The number of benzene rings is 1. The number of halogens is 1. The summed E-state index contributed by atoms with van der Waals surface area (Å²) < 4.78 is 6.22. The van der Waals surface area contributed by atoms with Crippen LogP contribution in [-0.4, -0.2) is 34.4 Å². The molecule has 22 heavy (non-hydrogen) atoms. The molecule has 2 rings (SSSR count). The van der Waals surface area contributed by atoms with Crippen molar-refractivity contribution in [1.82, 2.24) is 4.90 Å². The number of hydrogen-bond acceptors (Lipinski definition) is 5. The second-order valence-electron chi connectivity index (χ2n) is 5.96. The minimum absolute atomic E-state index is 0.277. The second kappa shape index (κ2) is 6.50. The van der Waals surface area contributed by atoms with Crippen molar-refractivity contribution in [3.63, 3.8) is 0 Å². The molecule has 5 nitrogen and oxygen atoms in total. The summed E-state index contributed by atoms with van der Waals surface area (Å²) in [5.74, 6) is -0.991. The van der Waals surface area contributed by atoms with Crippen LogP contribution in [0.2, 0.25) is 0 Å². The number of aliphatic carboxylic acids is 1. The largest absolute Gasteiger partial charge is 0.548 e. The lowest BCUT2D eigenvalue weighted by molar-refractivity contribution is -0.310. The molecule has 120 valence electrons. The molecule has 2 atom stereocenters. The van der Waals surface area contributed by atoms with Crippen LogP contribution in [0.5, 0.6) is 0 Å². The summed E-state index contributed by atoms with van der Waals surface area (Å²) in [6.07, 6.45) is -0.642. The zero-order valence-electron chi connectivity index (χ0n) is 12.5. The van der Waals surface area contributed by atoms with Gasteiger partial charge in [0.1, 0.15) is 11.0 Å². The van der Waals surface area contributed by atoms with Crippen LogP contribution in [0.25, 0.3) is 0 Å². The minimum Gasteiger partial charge on any atom is -0.548 e. The number of hydrogen-bond donors (Lipinski definition) is 0. The third kappa shape index (κ3) is 3.95. The summed E-state index contributed by atoms with van der Waals surface area (Å²) in [7, 11) is 0. The molecule has 0 N–H and O–H groups in total. The number of thioether (sulfide) groups is 1. The molecule has 1 aliphatic heterocycles. The molecule has 1 amide bonds. The van der Waals surface area contributed by atoms with Gasteiger partial charge >= 0.3 is 6.09 Å². The van der Waals surface area contributed by atoms with Crippen molar-refractivity contribution >= 4 is 39.8 Å². The molecule has 0 radical (unpaired) electrons. The van der Waals surface area contributed by atoms with Crippen LogP contribution in [0.1, 0.15) is 31.7 Å². The van der Waals surface area contributed by atoms with E-state index in [0.29, 0.717) is 0 Å². The predicted molar refractivity (Wildman–Crippen MR) is 86.2 cm³/mol. The van der Waals surface area contributed by atoms with Crippen LogP contribution in [0.4, 0.5) is 4.79 Å². The number of carboxylic acids is 1. The molecule has 7 heteroatoms. The van der Waals surface area contributed by atoms with E-state index in [0.717, 1.165) is 10.0 Å². The highest BCUT2D eigenvalue weighted by molar-refractivity contribution is 9.10. The summed E-state index contributed by atoms with van der Waals surface area (Å²) >= 11 is 4.77. The Hall–Kier alpha value is -1.21. The summed E-state index contributed by atoms with van der Waals surface area (Å²) in [6.45, 7) is 5.24. The molecule has 0 aliphatic carbocycles. The van der Waals surface area contributed by atoms with E-state index >= 15 is 0 Å². The van der Waals surface area contributed by atoms with Crippen molar-refractivity contribution in [2.45, 2.75) is 37.8 Å². The standard InChI is InChI=1S/C15H18BrNO4S/c1-15(2,3)21-14(20)17-11(13(18)19)8-22-12(17)9-5-4-6-10(16)7-9/h4-7,11-12H,8H2,1-3H3,(H,18,19)/p-1/t11-,12+/m0/s1. The Morgan fingerprint density at radius 1 is 1.41 bits per heavy atom. The zero-order chi connectivity index (χ0) is 16.5. The first-order valence-electron chi connectivity index (χ1n) is 6.78. The second-order valence-corrected chi connectivity index (χ2v) is 7.99. The molecule has 0 aromatic heterocycles. The Morgan fingerprint density at radius 3 is 2.64 bits per heavy atom. The number of carboxylic acid groups (broad SMARTS) is 1. The van der Waals surface area contributed by atoms with Crippen LogP contribution < -0.4 is 5.11 Å². The van der Waals surface area contributed by atoms with E-state index < -0.39 is 29.1 Å². The van der Waals surface area contributed by atoms with E-state index in [2.05, 4.69) is 15.9 Å². The van der Waals surface area contributed by atoms with Crippen molar-refractivity contribution in [1.29, 1.82) is 0 Å². The molecule has 1 aromatic rings. The molecule has 0 saturated carbocycles. The molecule has 1 aromatic carbocycles. The summed E-state index contributed by atoms with van der Waals surface area (Å²) in [4.78, 5) is 25.0. The monoisotopic (exact) mass is 386 g/mol. The van der Waals surface area contributed by atoms with Crippen molar-refractivity contribution in [2.75, 3.05) is 5.75 Å². The normalized spacial score (nSPS) is 21.7. The quantitative estimate of drug-likeness (QED) is 0.780. The SMILES string of the molecule is CC(C)(C)OC(=O)N1[C@@H](c2cccc(Br)c2)SC[C@H]1C(=O)[O-]. The number of amides is 1. The predicted octanol–water partition coefficient (Wildman–Crippen LogP) is 2.55. The first-order chi connectivity index (χ1) is 10.2. The Kier molecular flexibility index (Phi) is 5.07. The molecule has 0 spiro atoms. The lowest BCUT2D eigenvalue weighted by atomic mass is 10.2. The molecular formula is C15H17BrNO4S-. The van der Waals surface area contributed by atoms with Gasteiger partial charge in [-0.3, -0.25) is 4.90 Å². The fourth-order valence-electron chi connectivity index (χ4n) is 2.14. The number of ether oxygens (including phenoxy) is 1. The van der Waals surface area contributed by atoms with E-state index in [1.807, 2.05) is 24.3 Å². The van der Waals surface area contributed by atoms with E-state index in [4.69, 9.17) is 4.74 Å². The third-order valence-electron chi connectivity index (χ3n) is 3.01. The van der Waals surface area contributed by atoms with Crippen LogP contribution in [0, 0.1) is 0 Å². The van der Waals surface area contributed by atoms with E-state index in [9.17, 15) is 14.7 Å². The maximum atomic E-state index is 12.4. The molecular weight excluding hydrogens is 370 g/mol. The minimum atomic E-state index is -1.27. The third-order valence-corrected chi connectivity index (χ3v) is 4.83. The average molecular weight is 387 g/mol. The van der Waals surface area contributed by atoms with E-state index in [1.54, 1.807) is 20.8 Å². The van der Waals surface area contributed by atoms with Crippen LogP contribution in [0.15, 0.2) is 28.7 Å². The fourth-order valence-corrected chi connectivity index (χ4v) is 3.95. The lowest BCUT2D eigenvalue weighted by Gasteiger charge is -2.32. The first-order valence-corrected chi connectivity index (χ1v) is 8.62. The summed E-state index contributed by atoms with van der Waals surface area (Å²) in [5.41, 5.74) is 0.150. The van der Waals surface area contributed by atoms with Crippen molar-refractivity contribution in [3.8, 4) is 0 Å². The number of nitrogens with zero attached hydrogens (tertiary/aromatic N) is 1. The number of rotatable bonds is 2. The highest BCUT2D eigenvalue weighted by Crippen LogP contribution is 2.42. The molecule has 1 heterocycles. The first kappa shape index (κ1) is 17.1. The van der Waals surface area contributed by atoms with Gasteiger partial charge in [-0.1, -0.05) is 28.1 Å². The molecule has 0 bridgehead atoms. The highest BCUT2D eigenvalue weighted by Gasteiger charge is 2.41. The van der Waals surface area contributed by atoms with Gasteiger partial charge in [0, 0.05) is 10.2 Å². The van der Waals surface area contributed by atoms with Gasteiger partial charge in [0.25, 0.3) is 0 Å². The van der Waals surface area contributed by atoms with Gasteiger partial charge in [-0.25, -0.2) is 4.79 Å². The van der Waals surface area contributed by atoms with Gasteiger partial charge in [0.2, 0.25) is 0 Å². The smallest absolute Gasteiger partial charge is 0.412 e. The topological polar surface area (TPSA) is 69.7 Å². The molecule has 1 aliphatic rings. The van der Waals surface area contributed by atoms with Crippen molar-refractivity contribution < 1.29 is 19.4 Å². The maximum absolute atomic E-state index is 12.4. The van der Waals surface area contributed by atoms with Gasteiger partial charge in [-0.2, -0.15) is 0 Å². The van der Waals surface area contributed by atoms with Crippen molar-refractivity contribution in [2.24, 2.45) is 0 Å². The van der Waals surface area contributed by atoms with Gasteiger partial charge < -0.3 is 14.6 Å². The van der Waals surface area contributed by atoms with Crippen LogP contribution in [-0.2, 0) is 9.53 Å². The molecule has 1 saturated heterocycles. The van der Waals surface area contributed by atoms with Gasteiger partial charge in [0.05, 0.1) is 12.0 Å². The van der Waals surface area contributed by atoms with Gasteiger partial charge in [-0.15, -0.1) is 11.8 Å². The molecule has 1 fully saturated rings. The molecule has 0 unspecified atom stereocenters. The highest BCUT2D eigenvalue weighted by atomic mass is 79.9. The van der Waals surface area contributed by atoms with Gasteiger partial charge in [0.15, 0.2) is 0 Å². The van der Waals surface area contributed by atoms with Crippen LogP contribution >= 0.6 is 27.7 Å². The Balaban J connectivity index is 2.32. The Labute approximate surface area is 142 Å². The number of carbonyl (C=O) groups excluding carboxylic acids is 2. The van der Waals surface area contributed by atoms with Crippen LogP contribution in [0.3, 0.4) is 0 Å². The number of carbonyl (C=O) groups is 2. The zero-order valence-corrected chi connectivity index (χ0v) is 14.9. The van der Waals surface area contributed by atoms with E-state index in [1.165, 1.54) is 16.7 Å². The fraction of sp³-hybridized carbons (Fsp3) is 0.467. The summed E-state index contributed by atoms with van der Waals surface area (Å²) in [5, 5.41) is 10.9. The maximum Gasteiger partial charge on any atom is 0.412 e. The van der Waals surface area contributed by atoms with E-state index in [-0.39, 0.29) is 5.75 Å². The Bertz CT molecular complexity index is 587.